The summed E-state index contributed by atoms with van der Waals surface area (Å²) in [6, 6.07) is 6.64. The van der Waals surface area contributed by atoms with Crippen LogP contribution in [-0.4, -0.2) is 67.0 Å². The molecule has 0 saturated heterocycles. The molecule has 1 fully saturated rings. The number of ketones is 1. The minimum absolute atomic E-state index is 0. The standard InChI is InChI=1S/C28H35N7O6.Zn/c1-28(2,3)41-14-6-7-18(36)12-13-35-16-29-25(34-35)19-8-5-9-20(24(19)40-4)30-21-15-22(31-26(37)17-10-11-17)32-33-23(21)27(38)39;/h5,8-9,15-17H,6-7,10-14H2,1-4H3,(H,38,39)(H2,30,31,32,37);. The first-order valence-corrected chi connectivity index (χ1v) is 13.5. The normalized spacial score (nSPS) is 12.8. The number of ether oxygens (including phenoxy) is 2. The third-order valence-corrected chi connectivity index (χ3v) is 6.22. The van der Waals surface area contributed by atoms with E-state index in [0.717, 1.165) is 12.8 Å². The molecule has 1 saturated carbocycles. The van der Waals surface area contributed by atoms with Gasteiger partial charge in [0.1, 0.15) is 12.1 Å². The average molecular weight is 631 g/mol. The molecule has 0 aliphatic heterocycles. The largest absolute Gasteiger partial charge is 0.494 e. The number of methoxy groups -OCH3 is 1. The van der Waals surface area contributed by atoms with Crippen LogP contribution in [0.5, 0.6) is 5.75 Å². The van der Waals surface area contributed by atoms with Crippen LogP contribution in [0.3, 0.4) is 0 Å². The van der Waals surface area contributed by atoms with Gasteiger partial charge in [-0.1, -0.05) is 6.07 Å². The number of nitrogens with zero attached hydrogens (tertiary/aromatic N) is 5. The van der Waals surface area contributed by atoms with Crippen molar-refractivity contribution in [1.82, 2.24) is 25.0 Å². The quantitative estimate of drug-likeness (QED) is 0.173. The second kappa shape index (κ2) is 14.4. The van der Waals surface area contributed by atoms with E-state index < -0.39 is 5.97 Å². The van der Waals surface area contributed by atoms with Crippen LogP contribution in [0.1, 0.15) is 63.4 Å². The third-order valence-electron chi connectivity index (χ3n) is 6.22. The summed E-state index contributed by atoms with van der Waals surface area (Å²) in [5.41, 5.74) is 0.572. The number of carboxylic acid groups (broad SMARTS) is 1. The molecule has 2 heterocycles. The molecule has 220 valence electrons. The number of aromatic nitrogens is 5. The number of hydrogen-bond donors (Lipinski definition) is 3. The zero-order valence-corrected chi connectivity index (χ0v) is 27.3. The van der Waals surface area contributed by atoms with Crippen LogP contribution in [0, 0.1) is 5.92 Å². The van der Waals surface area contributed by atoms with Gasteiger partial charge in [-0.3, -0.25) is 14.3 Å². The molecule has 1 aromatic carbocycles. The summed E-state index contributed by atoms with van der Waals surface area (Å²) in [7, 11) is 1.48. The van der Waals surface area contributed by atoms with Crippen molar-refractivity contribution in [1.29, 1.82) is 0 Å². The van der Waals surface area contributed by atoms with Crippen molar-refractivity contribution in [3.8, 4) is 17.1 Å². The van der Waals surface area contributed by atoms with Gasteiger partial charge in [0, 0.05) is 57.5 Å². The molecule has 2 aromatic heterocycles. The second-order valence-electron chi connectivity index (χ2n) is 10.8. The fraction of sp³-hybridized carbons (Fsp3) is 0.464. The molecule has 0 atom stereocenters. The number of hydrogen-bond acceptors (Lipinski definition) is 10. The van der Waals surface area contributed by atoms with Gasteiger partial charge in [-0.05, 0) is 52.2 Å². The van der Waals surface area contributed by atoms with Crippen LogP contribution >= 0.6 is 0 Å². The molecule has 0 radical (unpaired) electrons. The topological polar surface area (TPSA) is 170 Å². The summed E-state index contributed by atoms with van der Waals surface area (Å²) in [6.07, 6.45) is 4.61. The van der Waals surface area contributed by atoms with Crippen molar-refractivity contribution in [2.24, 2.45) is 5.92 Å². The Morgan fingerprint density at radius 2 is 1.88 bits per heavy atom. The van der Waals surface area contributed by atoms with Gasteiger partial charge < -0.3 is 25.2 Å². The number of carbonyl (C=O) groups is 3. The number of carboxylic acids is 1. The molecule has 1 aliphatic rings. The average Bonchev–Trinajstić information content (AvgIpc) is 3.67. The number of para-hydroxylation sites is 1. The Kier molecular flexibility index (Phi) is 11.2. The molecule has 14 heteroatoms. The van der Waals surface area contributed by atoms with E-state index in [1.165, 1.54) is 13.2 Å². The Balaban J connectivity index is 0.00000484. The van der Waals surface area contributed by atoms with E-state index in [1.807, 2.05) is 20.8 Å². The van der Waals surface area contributed by atoms with Gasteiger partial charge in [-0.25, -0.2) is 9.78 Å². The van der Waals surface area contributed by atoms with Crippen LogP contribution in [-0.2, 0) is 40.3 Å². The molecule has 13 nitrogen and oxygen atoms in total. The predicted octanol–water partition coefficient (Wildman–Crippen LogP) is 4.09. The zero-order valence-electron chi connectivity index (χ0n) is 24.3. The third kappa shape index (κ3) is 9.12. The van der Waals surface area contributed by atoms with Crippen molar-refractivity contribution in [2.75, 3.05) is 24.4 Å². The van der Waals surface area contributed by atoms with Crippen molar-refractivity contribution in [2.45, 2.75) is 65.0 Å². The summed E-state index contributed by atoms with van der Waals surface area (Å²) < 4.78 is 12.9. The van der Waals surface area contributed by atoms with Crippen LogP contribution in [0.25, 0.3) is 11.4 Å². The van der Waals surface area contributed by atoms with Crippen molar-refractivity contribution in [3.05, 3.63) is 36.3 Å². The van der Waals surface area contributed by atoms with Gasteiger partial charge in [0.15, 0.2) is 23.1 Å². The van der Waals surface area contributed by atoms with E-state index in [2.05, 4.69) is 30.9 Å². The van der Waals surface area contributed by atoms with Gasteiger partial charge in [-0.2, -0.15) is 5.10 Å². The summed E-state index contributed by atoms with van der Waals surface area (Å²) >= 11 is 0. The van der Waals surface area contributed by atoms with Crippen molar-refractivity contribution < 1.29 is 48.4 Å². The number of anilines is 3. The summed E-state index contributed by atoms with van der Waals surface area (Å²) in [4.78, 5) is 40.7. The Morgan fingerprint density at radius 1 is 1.12 bits per heavy atom. The van der Waals surface area contributed by atoms with Crippen LogP contribution in [0.4, 0.5) is 17.2 Å². The number of benzene rings is 1. The summed E-state index contributed by atoms with van der Waals surface area (Å²) in [5, 5.41) is 27.5. The minimum atomic E-state index is -1.29. The SMILES string of the molecule is COc1c(Nc2cc(NC(=O)C3CC3)nnc2C(=O)O)cccc1-c1ncn(CCC(=O)CCCOC(C)(C)C)n1.[Zn]. The molecule has 3 aromatic rings. The Labute approximate surface area is 256 Å². The number of amides is 1. The van der Waals surface area contributed by atoms with E-state index >= 15 is 0 Å². The number of aromatic carboxylic acids is 1. The van der Waals surface area contributed by atoms with E-state index in [0.29, 0.717) is 55.2 Å². The molecule has 1 aliphatic carbocycles. The van der Waals surface area contributed by atoms with E-state index in [4.69, 9.17) is 9.47 Å². The van der Waals surface area contributed by atoms with E-state index in [-0.39, 0.29) is 59.9 Å². The van der Waals surface area contributed by atoms with Gasteiger partial charge in [-0.15, -0.1) is 10.2 Å². The summed E-state index contributed by atoms with van der Waals surface area (Å²) in [5.74, 6) is -0.505. The maximum atomic E-state index is 12.3. The maximum Gasteiger partial charge on any atom is 0.358 e. The Morgan fingerprint density at radius 3 is 2.55 bits per heavy atom. The van der Waals surface area contributed by atoms with Crippen molar-refractivity contribution >= 4 is 34.9 Å². The van der Waals surface area contributed by atoms with Gasteiger partial charge >= 0.3 is 5.97 Å². The van der Waals surface area contributed by atoms with Crippen LogP contribution in [0.2, 0.25) is 0 Å². The number of nitrogens with one attached hydrogen (secondary N) is 2. The number of aryl methyl sites for hydroxylation is 1. The molecule has 4 rings (SSSR count). The molecule has 42 heavy (non-hydrogen) atoms. The van der Waals surface area contributed by atoms with Crippen LogP contribution in [0.15, 0.2) is 30.6 Å². The zero-order chi connectivity index (χ0) is 29.6. The fourth-order valence-electron chi connectivity index (χ4n) is 3.99. The first-order chi connectivity index (χ1) is 19.5. The number of Topliss-reactive ketones (excluding diaryl/α,β-unsaturated/α-hetero) is 1. The molecular weight excluding hydrogens is 596 g/mol. The molecular formula is C28H35N7O6Zn. The van der Waals surface area contributed by atoms with Crippen molar-refractivity contribution in [3.63, 3.8) is 0 Å². The molecule has 0 spiro atoms. The minimum Gasteiger partial charge on any atom is -0.494 e. The van der Waals surface area contributed by atoms with Gasteiger partial charge in [0.2, 0.25) is 5.91 Å². The first kappa shape index (κ1) is 32.7. The number of rotatable bonds is 14. The Hall–Kier alpha value is -3.77. The van der Waals surface area contributed by atoms with Crippen LogP contribution < -0.4 is 15.4 Å². The maximum absolute atomic E-state index is 12.3. The number of carbonyl (C=O) groups excluding carboxylic acids is 2. The van der Waals surface area contributed by atoms with E-state index in [9.17, 15) is 19.5 Å². The monoisotopic (exact) mass is 629 g/mol. The fourth-order valence-corrected chi connectivity index (χ4v) is 3.99. The van der Waals surface area contributed by atoms with Gasteiger partial charge in [0.25, 0.3) is 0 Å². The molecule has 3 N–H and O–H groups in total. The molecule has 0 unspecified atom stereocenters. The predicted molar refractivity (Wildman–Crippen MR) is 150 cm³/mol. The smallest absolute Gasteiger partial charge is 0.358 e. The second-order valence-corrected chi connectivity index (χ2v) is 10.8. The van der Waals surface area contributed by atoms with E-state index in [1.54, 1.807) is 29.2 Å². The summed E-state index contributed by atoms with van der Waals surface area (Å²) in [6.45, 7) is 6.86. The Bertz CT molecular complexity index is 1420. The first-order valence-electron chi connectivity index (χ1n) is 13.5. The molecule has 0 bridgehead atoms. The van der Waals surface area contributed by atoms with Gasteiger partial charge in [0.05, 0.1) is 29.6 Å². The molecule has 1 amide bonds.